The van der Waals surface area contributed by atoms with Gasteiger partial charge >= 0.3 is 0 Å². The Morgan fingerprint density at radius 3 is 1.02 bits per heavy atom. The molecule has 10 rings (SSSR count). The zero-order valence-corrected chi connectivity index (χ0v) is 30.7. The summed E-state index contributed by atoms with van der Waals surface area (Å²) in [6.45, 7) is 0. The van der Waals surface area contributed by atoms with Crippen LogP contribution in [0.4, 0.5) is 0 Å². The quantitative estimate of drug-likeness (QED) is 0.154. The Kier molecular flexibility index (Phi) is 8.55. The molecular weight excluding hydrogens is 677 g/mol. The molecule has 0 aliphatic carbocycles. The highest BCUT2D eigenvalue weighted by molar-refractivity contribution is 6.14. The third-order valence-electron chi connectivity index (χ3n) is 10.8. The van der Waals surface area contributed by atoms with Gasteiger partial charge < -0.3 is 0 Å². The van der Waals surface area contributed by atoms with Crippen LogP contribution in [0.1, 0.15) is 0 Å². The Morgan fingerprint density at radius 1 is 0.214 bits per heavy atom. The maximum atomic E-state index is 4.22. The van der Waals surface area contributed by atoms with Gasteiger partial charge in [-0.15, -0.1) is 0 Å². The zero-order chi connectivity index (χ0) is 37.3. The molecule has 2 heteroatoms. The van der Waals surface area contributed by atoms with Gasteiger partial charge in [0.05, 0.1) is 0 Å². The average molecular weight is 713 g/mol. The van der Waals surface area contributed by atoms with E-state index in [2.05, 4.69) is 204 Å². The lowest BCUT2D eigenvalue weighted by Crippen LogP contribution is -1.90. The van der Waals surface area contributed by atoms with Crippen LogP contribution in [0, 0.1) is 0 Å². The lowest BCUT2D eigenvalue weighted by molar-refractivity contribution is 1.33. The number of hydrogen-bond donors (Lipinski definition) is 0. The number of pyridine rings is 2. The lowest BCUT2D eigenvalue weighted by atomic mass is 9.88. The van der Waals surface area contributed by atoms with Crippen LogP contribution in [0.3, 0.4) is 0 Å². The minimum absolute atomic E-state index is 1.16. The van der Waals surface area contributed by atoms with Crippen LogP contribution in [0.2, 0.25) is 0 Å². The summed E-state index contributed by atoms with van der Waals surface area (Å²) in [5.74, 6) is 0. The normalized spacial score (nSPS) is 11.2. The maximum Gasteiger partial charge on any atom is 0.0273 e. The molecule has 0 fully saturated rings. The topological polar surface area (TPSA) is 25.8 Å². The number of benzene rings is 8. The van der Waals surface area contributed by atoms with Crippen LogP contribution in [-0.4, -0.2) is 9.97 Å². The molecule has 2 heterocycles. The summed E-state index contributed by atoms with van der Waals surface area (Å²) in [7, 11) is 0. The lowest BCUT2D eigenvalue weighted by Gasteiger charge is -2.16. The van der Waals surface area contributed by atoms with Crippen molar-refractivity contribution in [3.8, 4) is 77.9 Å². The van der Waals surface area contributed by atoms with Gasteiger partial charge in [-0.25, -0.2) is 0 Å². The predicted octanol–water partition coefficient (Wildman–Crippen LogP) is 14.5. The molecule has 0 N–H and O–H groups in total. The summed E-state index contributed by atoms with van der Waals surface area (Å²) in [5, 5.41) is 5.02. The Hall–Kier alpha value is -7.42. The summed E-state index contributed by atoms with van der Waals surface area (Å²) >= 11 is 0. The molecule has 0 saturated carbocycles. The third kappa shape index (κ3) is 6.44. The Bertz CT molecular complexity index is 2880. The Labute approximate surface area is 327 Å². The van der Waals surface area contributed by atoms with Gasteiger partial charge in [-0.1, -0.05) is 121 Å². The first-order valence-corrected chi connectivity index (χ1v) is 19.0. The number of nitrogens with zero attached hydrogens (tertiary/aromatic N) is 2. The van der Waals surface area contributed by atoms with Crippen LogP contribution in [0.5, 0.6) is 0 Å². The fraction of sp³-hybridized carbons (Fsp3) is 0. The van der Waals surface area contributed by atoms with Crippen LogP contribution in [-0.2, 0) is 0 Å². The van der Waals surface area contributed by atoms with E-state index in [1.165, 1.54) is 88.3 Å². The monoisotopic (exact) mass is 712 g/mol. The molecule has 0 unspecified atom stereocenters. The first-order valence-electron chi connectivity index (χ1n) is 19.0. The molecule has 0 aliphatic heterocycles. The van der Waals surface area contributed by atoms with Crippen LogP contribution in [0.25, 0.3) is 99.4 Å². The van der Waals surface area contributed by atoms with Gasteiger partial charge in [-0.05, 0) is 172 Å². The smallest absolute Gasteiger partial charge is 0.0273 e. The molecular formula is C54H36N2. The molecule has 0 saturated heterocycles. The second-order valence-corrected chi connectivity index (χ2v) is 14.3. The van der Waals surface area contributed by atoms with Crippen molar-refractivity contribution in [1.82, 2.24) is 9.97 Å². The van der Waals surface area contributed by atoms with Crippen molar-refractivity contribution < 1.29 is 0 Å². The standard InChI is InChI=1S/C54H36N2/c1-2-18-51-47(9-1)36-54(53-20-4-3-19-52(51)53)50-34-48(45-16-7-14-43(31-45)41-12-5-10-39(29-41)37-21-25-55-26-22-37)33-49(35-50)46-17-8-15-44(32-46)42-13-6-11-40(30-42)38-23-27-56-28-24-38/h1-36H. The fourth-order valence-electron chi connectivity index (χ4n) is 8.01. The molecule has 2 aromatic heterocycles. The van der Waals surface area contributed by atoms with E-state index in [0.717, 1.165) is 11.1 Å². The summed E-state index contributed by atoms with van der Waals surface area (Å²) in [6, 6.07) is 70.7. The van der Waals surface area contributed by atoms with E-state index >= 15 is 0 Å². The predicted molar refractivity (Wildman–Crippen MR) is 235 cm³/mol. The average Bonchev–Trinajstić information content (AvgIpc) is 3.29. The van der Waals surface area contributed by atoms with Gasteiger partial charge in [0.25, 0.3) is 0 Å². The molecule has 56 heavy (non-hydrogen) atoms. The van der Waals surface area contributed by atoms with E-state index in [0.29, 0.717) is 0 Å². The zero-order valence-electron chi connectivity index (χ0n) is 30.7. The Morgan fingerprint density at radius 2 is 0.554 bits per heavy atom. The van der Waals surface area contributed by atoms with E-state index in [9.17, 15) is 0 Å². The van der Waals surface area contributed by atoms with E-state index in [4.69, 9.17) is 0 Å². The molecule has 262 valence electrons. The van der Waals surface area contributed by atoms with E-state index in [-0.39, 0.29) is 0 Å². The highest BCUT2D eigenvalue weighted by atomic mass is 14.6. The fourth-order valence-corrected chi connectivity index (χ4v) is 8.01. The van der Waals surface area contributed by atoms with Crippen LogP contribution in [0.15, 0.2) is 219 Å². The minimum atomic E-state index is 1.16. The van der Waals surface area contributed by atoms with Gasteiger partial charge in [0.2, 0.25) is 0 Å². The number of aromatic nitrogens is 2. The first kappa shape index (κ1) is 33.2. The number of hydrogen-bond acceptors (Lipinski definition) is 2. The van der Waals surface area contributed by atoms with Gasteiger partial charge in [-0.2, -0.15) is 0 Å². The molecule has 0 bridgehead atoms. The summed E-state index contributed by atoms with van der Waals surface area (Å²) < 4.78 is 0. The van der Waals surface area contributed by atoms with Crippen LogP contribution < -0.4 is 0 Å². The molecule has 10 aromatic rings. The van der Waals surface area contributed by atoms with Crippen LogP contribution >= 0.6 is 0 Å². The SMILES string of the molecule is c1cc(-c2ccncc2)cc(-c2cccc(-c3cc(-c4cccc(-c5cccc(-c6ccncc6)c5)c4)cc(-c4cc5ccccc5c5ccccc45)c3)c2)c1. The van der Waals surface area contributed by atoms with Gasteiger partial charge in [0.1, 0.15) is 0 Å². The van der Waals surface area contributed by atoms with Gasteiger partial charge in [0, 0.05) is 24.8 Å². The summed E-state index contributed by atoms with van der Waals surface area (Å²) in [5.41, 5.74) is 16.5. The molecule has 0 aliphatic rings. The summed E-state index contributed by atoms with van der Waals surface area (Å²) in [6.07, 6.45) is 7.39. The molecule has 2 nitrogen and oxygen atoms in total. The second kappa shape index (κ2) is 14.4. The number of fused-ring (bicyclic) bond motifs is 3. The largest absolute Gasteiger partial charge is 0.265 e. The molecule has 0 atom stereocenters. The van der Waals surface area contributed by atoms with E-state index < -0.39 is 0 Å². The van der Waals surface area contributed by atoms with Crippen molar-refractivity contribution in [1.29, 1.82) is 0 Å². The highest BCUT2D eigenvalue weighted by Crippen LogP contribution is 2.40. The van der Waals surface area contributed by atoms with Gasteiger partial charge in [0.15, 0.2) is 0 Å². The Balaban J connectivity index is 1.13. The second-order valence-electron chi connectivity index (χ2n) is 14.3. The highest BCUT2D eigenvalue weighted by Gasteiger charge is 2.14. The maximum absolute atomic E-state index is 4.22. The van der Waals surface area contributed by atoms with E-state index in [1.807, 2.05) is 24.8 Å². The number of rotatable bonds is 7. The van der Waals surface area contributed by atoms with Crippen molar-refractivity contribution in [2.75, 3.05) is 0 Å². The first-order chi connectivity index (χ1) is 27.7. The third-order valence-corrected chi connectivity index (χ3v) is 10.8. The molecule has 0 radical (unpaired) electrons. The minimum Gasteiger partial charge on any atom is -0.265 e. The molecule has 0 amide bonds. The van der Waals surface area contributed by atoms with Gasteiger partial charge in [-0.3, -0.25) is 9.97 Å². The van der Waals surface area contributed by atoms with E-state index in [1.54, 1.807) is 0 Å². The van der Waals surface area contributed by atoms with Crippen molar-refractivity contribution in [3.63, 3.8) is 0 Å². The van der Waals surface area contributed by atoms with Crippen molar-refractivity contribution in [2.24, 2.45) is 0 Å². The van der Waals surface area contributed by atoms with Crippen molar-refractivity contribution in [2.45, 2.75) is 0 Å². The molecule has 8 aromatic carbocycles. The van der Waals surface area contributed by atoms with Crippen molar-refractivity contribution in [3.05, 3.63) is 219 Å². The summed E-state index contributed by atoms with van der Waals surface area (Å²) in [4.78, 5) is 8.44. The van der Waals surface area contributed by atoms with Crippen molar-refractivity contribution >= 4 is 21.5 Å². The molecule has 0 spiro atoms.